The molecule has 0 atom stereocenters. The molecule has 1 aliphatic heterocycles. The maximum Gasteiger partial charge on any atom is 0.248 e. The first kappa shape index (κ1) is 18.0. The highest BCUT2D eigenvalue weighted by Gasteiger charge is 2.15. The summed E-state index contributed by atoms with van der Waals surface area (Å²) < 4.78 is 10.8. The van der Waals surface area contributed by atoms with E-state index in [2.05, 4.69) is 0 Å². The molecule has 1 fully saturated rings. The number of carbonyl (C=O) groups excluding carboxylic acids is 1. The van der Waals surface area contributed by atoms with Gasteiger partial charge in [0.05, 0.1) is 19.8 Å². The minimum absolute atomic E-state index is 0.000155. The molecule has 136 valence electrons. The number of hydrogen-bond acceptors (Lipinski definition) is 4. The van der Waals surface area contributed by atoms with Crippen LogP contribution in [0.3, 0.4) is 0 Å². The van der Waals surface area contributed by atoms with Crippen molar-refractivity contribution in [3.8, 4) is 5.75 Å². The van der Waals surface area contributed by atoms with Gasteiger partial charge in [-0.1, -0.05) is 18.2 Å². The molecule has 0 unspecified atom stereocenters. The van der Waals surface area contributed by atoms with E-state index in [1.54, 1.807) is 11.0 Å². The van der Waals surface area contributed by atoms with Crippen LogP contribution in [-0.4, -0.2) is 43.7 Å². The molecule has 2 aromatic carbocycles. The lowest BCUT2D eigenvalue weighted by Gasteiger charge is -2.26. The van der Waals surface area contributed by atoms with Gasteiger partial charge in [0, 0.05) is 36.7 Å². The molecule has 0 N–H and O–H groups in total. The molecule has 1 saturated heterocycles. The lowest BCUT2D eigenvalue weighted by atomic mass is 10.2. The summed E-state index contributed by atoms with van der Waals surface area (Å²) in [5.74, 6) is 0.831. The Kier molecular flexibility index (Phi) is 6.28. The predicted octanol–water partition coefficient (Wildman–Crippen LogP) is 3.60. The number of amides is 1. The van der Waals surface area contributed by atoms with Crippen LogP contribution in [0.15, 0.2) is 66.9 Å². The van der Waals surface area contributed by atoms with Crippen LogP contribution in [-0.2, 0) is 9.53 Å². The van der Waals surface area contributed by atoms with Gasteiger partial charge in [-0.2, -0.15) is 0 Å². The van der Waals surface area contributed by atoms with Crippen molar-refractivity contribution in [2.75, 3.05) is 37.8 Å². The first-order valence-corrected chi connectivity index (χ1v) is 8.90. The maximum atomic E-state index is 12.4. The van der Waals surface area contributed by atoms with Crippen molar-refractivity contribution in [3.05, 3.63) is 66.9 Å². The van der Waals surface area contributed by atoms with Crippen molar-refractivity contribution < 1.29 is 14.3 Å². The van der Waals surface area contributed by atoms with Crippen molar-refractivity contribution in [2.45, 2.75) is 6.92 Å². The van der Waals surface area contributed by atoms with Crippen molar-refractivity contribution >= 4 is 17.3 Å². The molecule has 5 heteroatoms. The Bertz CT molecular complexity index is 723. The maximum absolute atomic E-state index is 12.4. The number of hydrogen-bond donors (Lipinski definition) is 0. The normalized spacial score (nSPS) is 14.4. The van der Waals surface area contributed by atoms with Crippen LogP contribution in [0.4, 0.5) is 11.4 Å². The van der Waals surface area contributed by atoms with E-state index in [0.29, 0.717) is 32.9 Å². The molecule has 0 saturated carbocycles. The highest BCUT2D eigenvalue weighted by Crippen LogP contribution is 2.27. The fourth-order valence-corrected chi connectivity index (χ4v) is 2.81. The Morgan fingerprint density at radius 2 is 1.73 bits per heavy atom. The van der Waals surface area contributed by atoms with Gasteiger partial charge in [-0.15, -0.1) is 0 Å². The molecule has 0 radical (unpaired) electrons. The van der Waals surface area contributed by atoms with Crippen molar-refractivity contribution in [1.82, 2.24) is 4.90 Å². The summed E-state index contributed by atoms with van der Waals surface area (Å²) in [7, 11) is 0. The molecule has 0 aliphatic carbocycles. The summed E-state index contributed by atoms with van der Waals surface area (Å²) in [6, 6.07) is 17.8. The molecular formula is C21H24N2O3. The number of rotatable bonds is 6. The van der Waals surface area contributed by atoms with Crippen LogP contribution >= 0.6 is 0 Å². The van der Waals surface area contributed by atoms with Crippen LogP contribution in [0.5, 0.6) is 5.75 Å². The third kappa shape index (κ3) is 4.64. The van der Waals surface area contributed by atoms with E-state index < -0.39 is 0 Å². The van der Waals surface area contributed by atoms with E-state index in [-0.39, 0.29) is 5.91 Å². The van der Waals surface area contributed by atoms with Crippen molar-refractivity contribution in [3.63, 3.8) is 0 Å². The van der Waals surface area contributed by atoms with Gasteiger partial charge in [0.2, 0.25) is 5.91 Å². The summed E-state index contributed by atoms with van der Waals surface area (Å²) in [5, 5.41) is 0. The molecule has 5 nitrogen and oxygen atoms in total. The third-order valence-corrected chi connectivity index (χ3v) is 4.15. The summed E-state index contributed by atoms with van der Waals surface area (Å²) >= 11 is 0. The van der Waals surface area contributed by atoms with Gasteiger partial charge in [0.25, 0.3) is 0 Å². The van der Waals surface area contributed by atoms with Gasteiger partial charge < -0.3 is 19.3 Å². The number of nitrogens with zero attached hydrogens (tertiary/aromatic N) is 2. The molecule has 0 aromatic heterocycles. The largest absolute Gasteiger partial charge is 0.494 e. The topological polar surface area (TPSA) is 42.0 Å². The Morgan fingerprint density at radius 3 is 2.38 bits per heavy atom. The van der Waals surface area contributed by atoms with Gasteiger partial charge in [-0.25, -0.2) is 0 Å². The summed E-state index contributed by atoms with van der Waals surface area (Å²) in [6.45, 7) is 5.07. The SMILES string of the molecule is CCOc1ccc(N(/C=C/C(=O)N2CCOCC2)c2ccccc2)cc1. The highest BCUT2D eigenvalue weighted by molar-refractivity contribution is 5.88. The molecule has 1 amide bonds. The lowest BCUT2D eigenvalue weighted by Crippen LogP contribution is -2.39. The minimum atomic E-state index is 0.000155. The van der Waals surface area contributed by atoms with Gasteiger partial charge in [-0.05, 0) is 43.3 Å². The molecule has 3 rings (SSSR count). The zero-order chi connectivity index (χ0) is 18.2. The summed E-state index contributed by atoms with van der Waals surface area (Å²) in [6.07, 6.45) is 3.44. The van der Waals surface area contributed by atoms with Crippen molar-refractivity contribution in [2.24, 2.45) is 0 Å². The van der Waals surface area contributed by atoms with E-state index in [1.807, 2.05) is 72.6 Å². The molecule has 0 bridgehead atoms. The minimum Gasteiger partial charge on any atom is -0.494 e. The second-order valence-corrected chi connectivity index (χ2v) is 5.89. The van der Waals surface area contributed by atoms with Gasteiger partial charge in [0.1, 0.15) is 5.75 Å². The average molecular weight is 352 g/mol. The Morgan fingerprint density at radius 1 is 1.08 bits per heavy atom. The number of anilines is 2. The fraction of sp³-hybridized carbons (Fsp3) is 0.286. The quantitative estimate of drug-likeness (QED) is 0.745. The molecule has 2 aromatic rings. The van der Waals surface area contributed by atoms with E-state index >= 15 is 0 Å². The Hall–Kier alpha value is -2.79. The first-order chi connectivity index (χ1) is 12.8. The summed E-state index contributed by atoms with van der Waals surface area (Å²) in [4.78, 5) is 16.2. The Labute approximate surface area is 154 Å². The monoisotopic (exact) mass is 352 g/mol. The van der Waals surface area contributed by atoms with Gasteiger partial charge in [0.15, 0.2) is 0 Å². The molecule has 0 spiro atoms. The molecule has 26 heavy (non-hydrogen) atoms. The van der Waals surface area contributed by atoms with Crippen LogP contribution in [0.1, 0.15) is 6.92 Å². The van der Waals surface area contributed by atoms with Crippen LogP contribution in [0.2, 0.25) is 0 Å². The predicted molar refractivity (Wildman–Crippen MR) is 103 cm³/mol. The smallest absolute Gasteiger partial charge is 0.248 e. The second-order valence-electron chi connectivity index (χ2n) is 5.89. The number of ether oxygens (including phenoxy) is 2. The number of morpholine rings is 1. The number of carbonyl (C=O) groups is 1. The van der Waals surface area contributed by atoms with Gasteiger partial charge in [-0.3, -0.25) is 4.79 Å². The van der Waals surface area contributed by atoms with Crippen LogP contribution < -0.4 is 9.64 Å². The molecule has 1 heterocycles. The van der Waals surface area contributed by atoms with Crippen LogP contribution in [0, 0.1) is 0 Å². The molecular weight excluding hydrogens is 328 g/mol. The van der Waals surface area contributed by atoms with E-state index in [4.69, 9.17) is 9.47 Å². The number of para-hydroxylation sites is 1. The van der Waals surface area contributed by atoms with Crippen molar-refractivity contribution in [1.29, 1.82) is 0 Å². The highest BCUT2D eigenvalue weighted by atomic mass is 16.5. The summed E-state index contributed by atoms with van der Waals surface area (Å²) in [5.41, 5.74) is 1.95. The zero-order valence-corrected chi connectivity index (χ0v) is 15.0. The van der Waals surface area contributed by atoms with E-state index in [9.17, 15) is 4.79 Å². The lowest BCUT2D eigenvalue weighted by molar-refractivity contribution is -0.129. The van der Waals surface area contributed by atoms with Gasteiger partial charge >= 0.3 is 0 Å². The first-order valence-electron chi connectivity index (χ1n) is 8.90. The Balaban J connectivity index is 1.81. The zero-order valence-electron chi connectivity index (χ0n) is 15.0. The van der Waals surface area contributed by atoms with E-state index in [0.717, 1.165) is 17.1 Å². The van der Waals surface area contributed by atoms with E-state index in [1.165, 1.54) is 0 Å². The number of benzene rings is 2. The average Bonchev–Trinajstić information content (AvgIpc) is 2.71. The molecule has 1 aliphatic rings. The fourth-order valence-electron chi connectivity index (χ4n) is 2.81. The standard InChI is InChI=1S/C21H24N2O3/c1-2-26-20-10-8-19(9-11-20)23(18-6-4-3-5-7-18)13-12-21(24)22-14-16-25-17-15-22/h3-13H,2,14-17H2,1H3/b13-12+. The second kappa shape index (κ2) is 9.06. The third-order valence-electron chi connectivity index (χ3n) is 4.15. The van der Waals surface area contributed by atoms with Crippen LogP contribution in [0.25, 0.3) is 0 Å².